The SMILES string of the molecule is COc1ccc(C2(c3ccc(OC)cc3)C=Cc3c4c(c5ccc(C)cc5c3O2)-c2ccc(C)cc2C4(O)CCO)cc1. The van der Waals surface area contributed by atoms with Crippen molar-refractivity contribution in [2.75, 3.05) is 20.8 Å². The average Bonchev–Trinajstić information content (AvgIpc) is 3.28. The summed E-state index contributed by atoms with van der Waals surface area (Å²) in [7, 11) is 3.31. The average molecular weight is 571 g/mol. The molecule has 5 aromatic rings. The maximum Gasteiger partial charge on any atom is 0.178 e. The van der Waals surface area contributed by atoms with Crippen LogP contribution in [0.1, 0.15) is 45.4 Å². The molecule has 5 aromatic carbocycles. The monoisotopic (exact) mass is 570 g/mol. The van der Waals surface area contributed by atoms with Crippen LogP contribution in [-0.2, 0) is 11.2 Å². The van der Waals surface area contributed by atoms with Crippen molar-refractivity contribution in [2.45, 2.75) is 31.5 Å². The number of aryl methyl sites for hydroxylation is 2. The highest BCUT2D eigenvalue weighted by molar-refractivity contribution is 6.08. The maximum atomic E-state index is 12.5. The summed E-state index contributed by atoms with van der Waals surface area (Å²) >= 11 is 0. The number of ether oxygens (including phenoxy) is 3. The second-order valence-corrected chi connectivity index (χ2v) is 11.6. The third-order valence-corrected chi connectivity index (χ3v) is 9.02. The predicted octanol–water partition coefficient (Wildman–Crippen LogP) is 7.42. The van der Waals surface area contributed by atoms with Crippen LogP contribution >= 0.6 is 0 Å². The number of aliphatic hydroxyl groups excluding tert-OH is 1. The van der Waals surface area contributed by atoms with Gasteiger partial charge in [-0.2, -0.15) is 0 Å². The normalized spacial score (nSPS) is 17.6. The Balaban J connectivity index is 1.55. The summed E-state index contributed by atoms with van der Waals surface area (Å²) in [5.41, 5.74) is 6.12. The van der Waals surface area contributed by atoms with Gasteiger partial charge in [0.05, 0.1) is 14.2 Å². The molecule has 0 bridgehead atoms. The Morgan fingerprint density at radius 3 is 1.95 bits per heavy atom. The number of benzene rings is 5. The molecule has 5 heteroatoms. The van der Waals surface area contributed by atoms with E-state index in [0.29, 0.717) is 5.75 Å². The molecule has 1 heterocycles. The first-order chi connectivity index (χ1) is 20.8. The van der Waals surface area contributed by atoms with E-state index in [-0.39, 0.29) is 13.0 Å². The smallest absolute Gasteiger partial charge is 0.178 e. The Hall–Kier alpha value is -4.58. The van der Waals surface area contributed by atoms with Crippen LogP contribution in [0.5, 0.6) is 17.2 Å². The minimum atomic E-state index is -1.37. The van der Waals surface area contributed by atoms with Crippen molar-refractivity contribution in [1.82, 2.24) is 0 Å². The van der Waals surface area contributed by atoms with E-state index in [4.69, 9.17) is 14.2 Å². The van der Waals surface area contributed by atoms with Gasteiger partial charge in [0.1, 0.15) is 22.8 Å². The summed E-state index contributed by atoms with van der Waals surface area (Å²) in [6, 6.07) is 28.5. The molecule has 1 unspecified atom stereocenters. The molecule has 0 aromatic heterocycles. The maximum absolute atomic E-state index is 12.5. The fourth-order valence-corrected chi connectivity index (χ4v) is 6.89. The van der Waals surface area contributed by atoms with Crippen molar-refractivity contribution >= 4 is 16.8 Å². The summed E-state index contributed by atoms with van der Waals surface area (Å²) in [5.74, 6) is 2.22. The molecule has 0 fully saturated rings. The molecule has 0 radical (unpaired) electrons. The topological polar surface area (TPSA) is 68.2 Å². The lowest BCUT2D eigenvalue weighted by molar-refractivity contribution is 0.0543. The highest BCUT2D eigenvalue weighted by atomic mass is 16.5. The molecule has 2 aliphatic rings. The molecule has 1 aliphatic carbocycles. The lowest BCUT2D eigenvalue weighted by Crippen LogP contribution is -2.35. The van der Waals surface area contributed by atoms with Gasteiger partial charge in [0.25, 0.3) is 0 Å². The minimum Gasteiger partial charge on any atom is -0.497 e. The standard InChI is InChI=1S/C38H34O5/c1-23-5-15-29-32(21-23)36-31(35-34(29)30-16-6-24(2)22-33(30)37(35,40)19-20-39)17-18-38(43-36,25-7-11-27(41-3)12-8-25)26-9-13-28(42-4)14-10-26/h5-18,21-22,39-40H,19-20H2,1-4H3. The molecule has 216 valence electrons. The van der Waals surface area contributed by atoms with Crippen molar-refractivity contribution in [2.24, 2.45) is 0 Å². The van der Waals surface area contributed by atoms with Gasteiger partial charge in [-0.25, -0.2) is 0 Å². The van der Waals surface area contributed by atoms with Crippen molar-refractivity contribution < 1.29 is 24.4 Å². The Bertz CT molecular complexity index is 1860. The van der Waals surface area contributed by atoms with Crippen molar-refractivity contribution in [1.29, 1.82) is 0 Å². The van der Waals surface area contributed by atoms with Crippen molar-refractivity contribution in [3.8, 4) is 28.4 Å². The van der Waals surface area contributed by atoms with E-state index in [1.54, 1.807) is 14.2 Å². The van der Waals surface area contributed by atoms with Crippen LogP contribution in [0.4, 0.5) is 0 Å². The van der Waals surface area contributed by atoms with Crippen LogP contribution in [0.25, 0.3) is 28.0 Å². The van der Waals surface area contributed by atoms with Crippen LogP contribution < -0.4 is 14.2 Å². The third kappa shape index (κ3) is 3.99. The molecule has 43 heavy (non-hydrogen) atoms. The molecule has 7 rings (SSSR count). The molecule has 0 spiro atoms. The van der Waals surface area contributed by atoms with Gasteiger partial charge in [0.15, 0.2) is 5.60 Å². The molecule has 5 nitrogen and oxygen atoms in total. The van der Waals surface area contributed by atoms with Gasteiger partial charge in [0.2, 0.25) is 0 Å². The Morgan fingerprint density at radius 1 is 0.744 bits per heavy atom. The third-order valence-electron chi connectivity index (χ3n) is 9.02. The lowest BCUT2D eigenvalue weighted by Gasteiger charge is -2.38. The van der Waals surface area contributed by atoms with Crippen LogP contribution in [0, 0.1) is 13.8 Å². The predicted molar refractivity (Wildman–Crippen MR) is 170 cm³/mol. The van der Waals surface area contributed by atoms with Gasteiger partial charge >= 0.3 is 0 Å². The molecular weight excluding hydrogens is 536 g/mol. The zero-order chi connectivity index (χ0) is 29.9. The van der Waals surface area contributed by atoms with E-state index in [2.05, 4.69) is 49.4 Å². The van der Waals surface area contributed by atoms with Gasteiger partial charge in [0, 0.05) is 40.7 Å². The second kappa shape index (κ2) is 10.0. The van der Waals surface area contributed by atoms with E-state index in [0.717, 1.165) is 72.3 Å². The summed E-state index contributed by atoms with van der Waals surface area (Å²) < 4.78 is 18.2. The first kappa shape index (κ1) is 27.3. The van der Waals surface area contributed by atoms with E-state index in [9.17, 15) is 10.2 Å². The van der Waals surface area contributed by atoms with Crippen LogP contribution in [-0.4, -0.2) is 31.0 Å². The van der Waals surface area contributed by atoms with Crippen LogP contribution in [0.3, 0.4) is 0 Å². The number of rotatable bonds is 6. The zero-order valence-corrected chi connectivity index (χ0v) is 24.8. The molecular formula is C38H34O5. The van der Waals surface area contributed by atoms with Crippen LogP contribution in [0.15, 0.2) is 91.0 Å². The Morgan fingerprint density at radius 2 is 1.35 bits per heavy atom. The van der Waals surface area contributed by atoms with E-state index in [1.807, 2.05) is 61.5 Å². The summed E-state index contributed by atoms with van der Waals surface area (Å²) in [4.78, 5) is 0. The van der Waals surface area contributed by atoms with Crippen molar-refractivity contribution in [3.63, 3.8) is 0 Å². The fourth-order valence-electron chi connectivity index (χ4n) is 6.89. The van der Waals surface area contributed by atoms with E-state index < -0.39 is 11.2 Å². The van der Waals surface area contributed by atoms with Gasteiger partial charge < -0.3 is 24.4 Å². The quantitative estimate of drug-likeness (QED) is 0.222. The Kier molecular flexibility index (Phi) is 6.35. The van der Waals surface area contributed by atoms with Gasteiger partial charge in [-0.3, -0.25) is 0 Å². The fraction of sp³-hybridized carbons (Fsp3) is 0.211. The molecule has 0 saturated heterocycles. The highest BCUT2D eigenvalue weighted by Crippen LogP contribution is 2.58. The first-order valence-electron chi connectivity index (χ1n) is 14.6. The summed E-state index contributed by atoms with van der Waals surface area (Å²) in [5, 5.41) is 24.7. The number of methoxy groups -OCH3 is 2. The van der Waals surface area contributed by atoms with Crippen molar-refractivity contribution in [3.05, 3.63) is 130 Å². The molecule has 0 saturated carbocycles. The number of hydrogen-bond donors (Lipinski definition) is 2. The van der Waals surface area contributed by atoms with Gasteiger partial charge in [-0.05, 0) is 72.3 Å². The lowest BCUT2D eigenvalue weighted by atomic mass is 9.79. The Labute approximate surface area is 251 Å². The molecule has 0 amide bonds. The second-order valence-electron chi connectivity index (χ2n) is 11.6. The van der Waals surface area contributed by atoms with E-state index >= 15 is 0 Å². The molecule has 1 atom stereocenters. The highest BCUT2D eigenvalue weighted by Gasteiger charge is 2.47. The van der Waals surface area contributed by atoms with Gasteiger partial charge in [-0.1, -0.05) is 71.8 Å². The minimum absolute atomic E-state index is 0.157. The van der Waals surface area contributed by atoms with Crippen LogP contribution in [0.2, 0.25) is 0 Å². The van der Waals surface area contributed by atoms with Gasteiger partial charge in [-0.15, -0.1) is 0 Å². The summed E-state index contributed by atoms with van der Waals surface area (Å²) in [6.45, 7) is 3.95. The van der Waals surface area contributed by atoms with E-state index in [1.165, 1.54) is 0 Å². The first-order valence-corrected chi connectivity index (χ1v) is 14.6. The number of hydrogen-bond acceptors (Lipinski definition) is 5. The number of aliphatic hydroxyl groups is 2. The molecule has 2 N–H and O–H groups in total. The number of fused-ring (bicyclic) bond motifs is 8. The summed E-state index contributed by atoms with van der Waals surface area (Å²) in [6.07, 6.45) is 4.35. The zero-order valence-electron chi connectivity index (χ0n) is 24.8. The largest absolute Gasteiger partial charge is 0.497 e. The molecule has 1 aliphatic heterocycles.